The molecule has 2 aromatic heterocycles. The molecule has 9 nitrogen and oxygen atoms in total. The summed E-state index contributed by atoms with van der Waals surface area (Å²) in [4.78, 5) is 29.7. The fraction of sp³-hybridized carbons (Fsp3) is 0.360. The molecule has 1 aliphatic carbocycles. The molecular weight excluding hydrogens is 468 g/mol. The molecule has 1 aliphatic rings. The molecule has 0 bridgehead atoms. The van der Waals surface area contributed by atoms with E-state index in [9.17, 15) is 13.8 Å². The van der Waals surface area contributed by atoms with E-state index in [0.29, 0.717) is 23.7 Å². The highest BCUT2D eigenvalue weighted by Crippen LogP contribution is 2.32. The number of hydrogen-bond donors (Lipinski definition) is 2. The molecule has 1 amide bonds. The number of carbonyl (C=O) groups excluding carboxylic acids is 2. The molecule has 1 fully saturated rings. The Bertz CT molecular complexity index is 1160. The summed E-state index contributed by atoms with van der Waals surface area (Å²) in [6, 6.07) is 11.9. The van der Waals surface area contributed by atoms with E-state index in [0.717, 1.165) is 31.2 Å². The minimum Gasteiger partial charge on any atom is -0.457 e. The molecule has 2 heterocycles. The number of hydrogen-bond acceptors (Lipinski definition) is 6. The van der Waals surface area contributed by atoms with E-state index in [1.807, 2.05) is 30.3 Å². The zero-order valence-corrected chi connectivity index (χ0v) is 20.0. The third kappa shape index (κ3) is 7.06. The van der Waals surface area contributed by atoms with E-state index < -0.39 is 23.1 Å². The maximum Gasteiger partial charge on any atom is 0.340 e. The Morgan fingerprint density at radius 2 is 1.89 bits per heavy atom. The Morgan fingerprint density at radius 1 is 1.11 bits per heavy atom. The van der Waals surface area contributed by atoms with Crippen molar-refractivity contribution in [2.45, 2.75) is 50.5 Å². The summed E-state index contributed by atoms with van der Waals surface area (Å²) in [7, 11) is 0. The molecule has 35 heavy (non-hydrogen) atoms. The first kappa shape index (κ1) is 24.7. The molecule has 1 saturated carbocycles. The molecule has 0 radical (unpaired) electrons. The van der Waals surface area contributed by atoms with Gasteiger partial charge in [0.15, 0.2) is 11.1 Å². The van der Waals surface area contributed by atoms with Crippen LogP contribution in [0.15, 0.2) is 61.1 Å². The van der Waals surface area contributed by atoms with Gasteiger partial charge in [-0.2, -0.15) is 5.10 Å². The van der Waals surface area contributed by atoms with Gasteiger partial charge in [0, 0.05) is 18.0 Å². The average Bonchev–Trinajstić information content (AvgIpc) is 3.54. The molecule has 4 rings (SSSR count). The highest BCUT2D eigenvalue weighted by Gasteiger charge is 2.28. The Morgan fingerprint density at radius 3 is 2.57 bits per heavy atom. The number of amides is 1. The number of rotatable bonds is 10. The zero-order chi connectivity index (χ0) is 24.6. The lowest BCUT2D eigenvalue weighted by Gasteiger charge is -2.20. The standard InChI is InChI=1S/C25H28N4O5S/c30-24(22(12-18-6-4-5-7-18)29-15-20(13-27-29)17-35(32)33)28-23-11-10-21(14-26-23)25(31)34-16-19-8-2-1-3-9-19/h1-3,8-11,13-15,18,22H,4-7,12,16-17H2,(H,32,33)(H,26,28,30)/t22-/m0/s1. The van der Waals surface area contributed by atoms with Crippen molar-refractivity contribution in [3.8, 4) is 0 Å². The SMILES string of the molecule is O=C(OCc1ccccc1)c1ccc(NC(=O)[C@H](CC2CCCC2)n2cc(CS(=O)O)cn2)nc1. The van der Waals surface area contributed by atoms with Gasteiger partial charge < -0.3 is 14.6 Å². The van der Waals surface area contributed by atoms with Gasteiger partial charge in [-0.1, -0.05) is 56.0 Å². The Balaban J connectivity index is 1.40. The topological polar surface area (TPSA) is 123 Å². The smallest absolute Gasteiger partial charge is 0.340 e. The Kier molecular flexibility index (Phi) is 8.38. The lowest BCUT2D eigenvalue weighted by atomic mass is 9.98. The number of ether oxygens (including phenoxy) is 1. The second kappa shape index (κ2) is 11.9. The second-order valence-corrected chi connectivity index (χ2v) is 9.61. The molecular formula is C25H28N4O5S. The number of nitrogens with zero attached hydrogens (tertiary/aromatic N) is 3. The summed E-state index contributed by atoms with van der Waals surface area (Å²) in [6.07, 6.45) is 9.58. The third-order valence-electron chi connectivity index (χ3n) is 6.06. The summed E-state index contributed by atoms with van der Waals surface area (Å²) in [5, 5.41) is 7.10. The van der Waals surface area contributed by atoms with Crippen LogP contribution < -0.4 is 5.32 Å². The molecule has 2 atom stereocenters. The first-order chi connectivity index (χ1) is 17.0. The van der Waals surface area contributed by atoms with E-state index in [1.54, 1.807) is 23.0 Å². The van der Waals surface area contributed by atoms with Gasteiger partial charge in [-0.05, 0) is 30.0 Å². The molecule has 1 unspecified atom stereocenters. The molecule has 3 aromatic rings. The van der Waals surface area contributed by atoms with Crippen LogP contribution in [0.5, 0.6) is 0 Å². The molecule has 10 heteroatoms. The Labute approximate surface area is 206 Å². The average molecular weight is 497 g/mol. The van der Waals surface area contributed by atoms with Gasteiger partial charge >= 0.3 is 5.97 Å². The summed E-state index contributed by atoms with van der Waals surface area (Å²) in [5.41, 5.74) is 1.76. The first-order valence-corrected chi connectivity index (χ1v) is 12.8. The summed E-state index contributed by atoms with van der Waals surface area (Å²) >= 11 is -1.98. The van der Waals surface area contributed by atoms with Crippen LogP contribution in [0, 0.1) is 5.92 Å². The van der Waals surface area contributed by atoms with E-state index in [2.05, 4.69) is 15.4 Å². The predicted molar refractivity (Wildman–Crippen MR) is 131 cm³/mol. The number of aromatic nitrogens is 3. The number of pyridine rings is 1. The van der Waals surface area contributed by atoms with Gasteiger partial charge in [0.2, 0.25) is 5.91 Å². The van der Waals surface area contributed by atoms with Crippen LogP contribution in [0.1, 0.15) is 59.6 Å². The van der Waals surface area contributed by atoms with Crippen molar-refractivity contribution in [1.29, 1.82) is 0 Å². The monoisotopic (exact) mass is 496 g/mol. The van der Waals surface area contributed by atoms with Crippen LogP contribution in [-0.2, 0) is 33.0 Å². The number of carbonyl (C=O) groups is 2. The van der Waals surface area contributed by atoms with Crippen molar-refractivity contribution < 1.29 is 23.1 Å². The largest absolute Gasteiger partial charge is 0.457 e. The normalized spacial score (nSPS) is 15.5. The predicted octanol–water partition coefficient (Wildman–Crippen LogP) is 4.12. The summed E-state index contributed by atoms with van der Waals surface area (Å²) in [5.74, 6) is -0.0801. The van der Waals surface area contributed by atoms with Crippen molar-refractivity contribution in [1.82, 2.24) is 14.8 Å². The Hall–Kier alpha value is -3.37. The molecule has 0 aliphatic heterocycles. The van der Waals surface area contributed by atoms with Crippen molar-refractivity contribution in [2.24, 2.45) is 5.92 Å². The van der Waals surface area contributed by atoms with Gasteiger partial charge in [0.1, 0.15) is 18.5 Å². The summed E-state index contributed by atoms with van der Waals surface area (Å²) in [6.45, 7) is 0.163. The van der Waals surface area contributed by atoms with Gasteiger partial charge in [0.25, 0.3) is 0 Å². The number of esters is 1. The van der Waals surface area contributed by atoms with Crippen LogP contribution in [0.4, 0.5) is 5.82 Å². The minimum absolute atomic E-state index is 0.0405. The van der Waals surface area contributed by atoms with E-state index in [-0.39, 0.29) is 23.8 Å². The molecule has 184 valence electrons. The van der Waals surface area contributed by atoms with E-state index in [4.69, 9.17) is 9.29 Å². The van der Waals surface area contributed by atoms with Gasteiger partial charge in [-0.25, -0.2) is 14.0 Å². The number of anilines is 1. The maximum atomic E-state index is 13.2. The fourth-order valence-electron chi connectivity index (χ4n) is 4.27. The molecule has 0 saturated heterocycles. The zero-order valence-electron chi connectivity index (χ0n) is 19.2. The van der Waals surface area contributed by atoms with Crippen LogP contribution in [0.2, 0.25) is 0 Å². The minimum atomic E-state index is -1.98. The molecule has 1 aromatic carbocycles. The van der Waals surface area contributed by atoms with E-state index >= 15 is 0 Å². The van der Waals surface area contributed by atoms with Crippen molar-refractivity contribution in [2.75, 3.05) is 5.32 Å². The highest BCUT2D eigenvalue weighted by molar-refractivity contribution is 7.78. The highest BCUT2D eigenvalue weighted by atomic mass is 32.2. The van der Waals surface area contributed by atoms with Crippen LogP contribution >= 0.6 is 0 Å². The van der Waals surface area contributed by atoms with Crippen molar-refractivity contribution in [3.63, 3.8) is 0 Å². The number of benzene rings is 1. The number of nitrogens with one attached hydrogen (secondary N) is 1. The first-order valence-electron chi connectivity index (χ1n) is 11.6. The van der Waals surface area contributed by atoms with Gasteiger partial charge in [0.05, 0.1) is 17.5 Å². The molecule has 2 N–H and O–H groups in total. The third-order valence-corrected chi connectivity index (χ3v) is 6.64. The second-order valence-electron chi connectivity index (χ2n) is 8.68. The van der Waals surface area contributed by atoms with Crippen LogP contribution in [0.3, 0.4) is 0 Å². The summed E-state index contributed by atoms with van der Waals surface area (Å²) < 4.78 is 27.2. The molecule has 0 spiro atoms. The van der Waals surface area contributed by atoms with E-state index in [1.165, 1.54) is 12.4 Å². The fourth-order valence-corrected chi connectivity index (χ4v) is 4.70. The maximum absolute atomic E-state index is 13.2. The lowest BCUT2D eigenvalue weighted by Crippen LogP contribution is -2.28. The van der Waals surface area contributed by atoms with Gasteiger partial charge in [-0.15, -0.1) is 0 Å². The lowest BCUT2D eigenvalue weighted by molar-refractivity contribution is -0.120. The van der Waals surface area contributed by atoms with Crippen LogP contribution in [0.25, 0.3) is 0 Å². The van der Waals surface area contributed by atoms with Crippen molar-refractivity contribution >= 4 is 28.8 Å². The van der Waals surface area contributed by atoms with Gasteiger partial charge in [-0.3, -0.25) is 9.48 Å². The van der Waals surface area contributed by atoms with Crippen molar-refractivity contribution in [3.05, 3.63) is 77.7 Å². The van der Waals surface area contributed by atoms with Crippen LogP contribution in [-0.4, -0.2) is 35.4 Å². The quantitative estimate of drug-likeness (QED) is 0.320.